The van der Waals surface area contributed by atoms with Gasteiger partial charge in [0.25, 0.3) is 11.6 Å². The second kappa shape index (κ2) is 8.67. The Labute approximate surface area is 192 Å². The number of non-ortho nitro benzene ring substituents is 1. The van der Waals surface area contributed by atoms with Crippen LogP contribution in [0.15, 0.2) is 66.7 Å². The molecule has 4 aromatic rings. The largest absolute Gasteiger partial charge is 0.341 e. The smallest absolute Gasteiger partial charge is 0.269 e. The molecule has 1 saturated heterocycles. The van der Waals surface area contributed by atoms with Gasteiger partial charge in [-0.3, -0.25) is 19.8 Å². The highest BCUT2D eigenvalue weighted by Gasteiger charge is 2.23. The van der Waals surface area contributed by atoms with Crippen molar-refractivity contribution in [2.45, 2.75) is 20.0 Å². The first kappa shape index (κ1) is 21.2. The predicted molar refractivity (Wildman–Crippen MR) is 129 cm³/mol. The number of hydrogen-bond donors (Lipinski definition) is 0. The van der Waals surface area contributed by atoms with Crippen LogP contribution in [0.4, 0.5) is 5.69 Å². The van der Waals surface area contributed by atoms with Gasteiger partial charge in [0.1, 0.15) is 0 Å². The first-order chi connectivity index (χ1) is 16.0. The zero-order chi connectivity index (χ0) is 22.9. The summed E-state index contributed by atoms with van der Waals surface area (Å²) in [5.74, 6) is -0.0710. The van der Waals surface area contributed by atoms with Gasteiger partial charge in [-0.15, -0.1) is 0 Å². The fourth-order valence-electron chi connectivity index (χ4n) is 4.82. The van der Waals surface area contributed by atoms with Crippen LogP contribution in [0.5, 0.6) is 0 Å². The normalized spacial score (nSPS) is 14.8. The lowest BCUT2D eigenvalue weighted by Crippen LogP contribution is -2.48. The molecule has 2 heterocycles. The molecule has 0 bridgehead atoms. The van der Waals surface area contributed by atoms with Gasteiger partial charge in [-0.2, -0.15) is 0 Å². The summed E-state index contributed by atoms with van der Waals surface area (Å²) in [5.41, 5.74) is 4.30. The Hall–Kier alpha value is -3.71. The first-order valence-corrected chi connectivity index (χ1v) is 11.3. The fourth-order valence-corrected chi connectivity index (χ4v) is 4.82. The van der Waals surface area contributed by atoms with Crippen molar-refractivity contribution in [1.82, 2.24) is 14.4 Å². The van der Waals surface area contributed by atoms with E-state index in [1.807, 2.05) is 4.90 Å². The van der Waals surface area contributed by atoms with E-state index in [-0.39, 0.29) is 11.6 Å². The van der Waals surface area contributed by atoms with Crippen molar-refractivity contribution in [3.63, 3.8) is 0 Å². The van der Waals surface area contributed by atoms with E-state index in [1.165, 1.54) is 51.6 Å². The van der Waals surface area contributed by atoms with Crippen molar-refractivity contribution < 1.29 is 9.72 Å². The van der Waals surface area contributed by atoms with E-state index < -0.39 is 4.92 Å². The van der Waals surface area contributed by atoms with Crippen LogP contribution < -0.4 is 0 Å². The van der Waals surface area contributed by atoms with Crippen LogP contribution in [0.2, 0.25) is 0 Å². The topological polar surface area (TPSA) is 71.6 Å². The molecule has 0 N–H and O–H groups in total. The molecule has 0 radical (unpaired) electrons. The molecule has 7 nitrogen and oxygen atoms in total. The van der Waals surface area contributed by atoms with Crippen LogP contribution >= 0.6 is 0 Å². The van der Waals surface area contributed by atoms with E-state index in [0.717, 1.165) is 26.2 Å². The molecule has 3 aromatic carbocycles. The summed E-state index contributed by atoms with van der Waals surface area (Å²) in [6.07, 6.45) is 0. The quantitative estimate of drug-likeness (QED) is 0.332. The molecule has 168 valence electrons. The van der Waals surface area contributed by atoms with Gasteiger partial charge in [0.15, 0.2) is 0 Å². The number of nitro groups is 1. The molecule has 1 aliphatic rings. The number of carbonyl (C=O) groups excluding carboxylic acids is 1. The number of para-hydroxylation sites is 1. The molecule has 33 heavy (non-hydrogen) atoms. The number of carbonyl (C=O) groups is 1. The van der Waals surface area contributed by atoms with Crippen molar-refractivity contribution in [3.05, 3.63) is 88.0 Å². The average molecular weight is 443 g/mol. The highest BCUT2D eigenvalue weighted by molar-refractivity contribution is 6.08. The van der Waals surface area contributed by atoms with Crippen molar-refractivity contribution in [1.29, 1.82) is 0 Å². The minimum atomic E-state index is -0.454. The Morgan fingerprint density at radius 1 is 0.909 bits per heavy atom. The lowest BCUT2D eigenvalue weighted by molar-refractivity contribution is -0.384. The second-order valence-electron chi connectivity index (χ2n) is 8.49. The molecule has 0 unspecified atom stereocenters. The summed E-state index contributed by atoms with van der Waals surface area (Å²) in [6, 6.07) is 21.1. The summed E-state index contributed by atoms with van der Waals surface area (Å²) in [4.78, 5) is 27.4. The minimum Gasteiger partial charge on any atom is -0.341 e. The average Bonchev–Trinajstić information content (AvgIpc) is 3.17. The number of nitrogens with zero attached hydrogens (tertiary/aromatic N) is 4. The van der Waals surface area contributed by atoms with Crippen molar-refractivity contribution in [3.8, 4) is 0 Å². The molecule has 1 aromatic heterocycles. The monoisotopic (exact) mass is 442 g/mol. The number of benzene rings is 3. The zero-order valence-electron chi connectivity index (χ0n) is 18.6. The van der Waals surface area contributed by atoms with Gasteiger partial charge in [0.2, 0.25) is 0 Å². The maximum Gasteiger partial charge on any atom is 0.269 e. The van der Waals surface area contributed by atoms with E-state index in [9.17, 15) is 14.9 Å². The van der Waals surface area contributed by atoms with Gasteiger partial charge >= 0.3 is 0 Å². The molecular weight excluding hydrogens is 416 g/mol. The molecule has 0 spiro atoms. The Morgan fingerprint density at radius 3 is 2.30 bits per heavy atom. The van der Waals surface area contributed by atoms with E-state index in [4.69, 9.17) is 0 Å². The Kier molecular flexibility index (Phi) is 5.56. The van der Waals surface area contributed by atoms with Crippen LogP contribution in [-0.2, 0) is 13.1 Å². The molecule has 1 fully saturated rings. The molecule has 7 heteroatoms. The lowest BCUT2D eigenvalue weighted by atomic mass is 10.1. The second-order valence-corrected chi connectivity index (χ2v) is 8.49. The molecule has 1 amide bonds. The van der Waals surface area contributed by atoms with Gasteiger partial charge in [-0.05, 0) is 42.8 Å². The minimum absolute atomic E-state index is 0.00426. The molecular formula is C26H26N4O3. The van der Waals surface area contributed by atoms with Crippen LogP contribution in [0.3, 0.4) is 0 Å². The van der Waals surface area contributed by atoms with E-state index >= 15 is 0 Å². The molecule has 0 saturated carbocycles. The molecule has 1 aliphatic heterocycles. The van der Waals surface area contributed by atoms with Crippen LogP contribution in [-0.4, -0.2) is 51.4 Å². The number of fused-ring (bicyclic) bond motifs is 3. The van der Waals surface area contributed by atoms with Crippen LogP contribution in [0.25, 0.3) is 21.8 Å². The number of hydrogen-bond acceptors (Lipinski definition) is 4. The maximum absolute atomic E-state index is 12.8. The lowest BCUT2D eigenvalue weighted by Gasteiger charge is -2.34. The standard InChI is InChI=1S/C26H26N4O3/c1-2-29-24-6-4-3-5-22(24)23-17-19(7-12-25(23)29)18-27-13-15-28(16-14-27)26(31)20-8-10-21(11-9-20)30(32)33/h3-12,17H,2,13-16,18H2,1H3. The number of aryl methyl sites for hydroxylation is 1. The fraction of sp³-hybridized carbons (Fsp3) is 0.269. The summed E-state index contributed by atoms with van der Waals surface area (Å²) < 4.78 is 2.36. The van der Waals surface area contributed by atoms with E-state index in [2.05, 4.69) is 58.9 Å². The van der Waals surface area contributed by atoms with Gasteiger partial charge in [-0.25, -0.2) is 0 Å². The van der Waals surface area contributed by atoms with Crippen molar-refractivity contribution in [2.75, 3.05) is 26.2 Å². The number of piperazine rings is 1. The van der Waals surface area contributed by atoms with E-state index in [0.29, 0.717) is 18.7 Å². The van der Waals surface area contributed by atoms with Gasteiger partial charge in [-0.1, -0.05) is 24.3 Å². The zero-order valence-corrected chi connectivity index (χ0v) is 18.6. The van der Waals surface area contributed by atoms with Gasteiger partial charge < -0.3 is 9.47 Å². The highest BCUT2D eigenvalue weighted by Crippen LogP contribution is 2.30. The summed E-state index contributed by atoms with van der Waals surface area (Å²) in [7, 11) is 0. The Bertz CT molecular complexity index is 1340. The third-order valence-electron chi connectivity index (χ3n) is 6.54. The molecule has 5 rings (SSSR count). The van der Waals surface area contributed by atoms with Crippen molar-refractivity contribution >= 4 is 33.4 Å². The van der Waals surface area contributed by atoms with Gasteiger partial charge in [0.05, 0.1) is 4.92 Å². The highest BCUT2D eigenvalue weighted by atomic mass is 16.6. The summed E-state index contributed by atoms with van der Waals surface area (Å²) >= 11 is 0. The van der Waals surface area contributed by atoms with Crippen LogP contribution in [0, 0.1) is 10.1 Å². The third kappa shape index (κ3) is 3.96. The number of rotatable bonds is 5. The number of aromatic nitrogens is 1. The summed E-state index contributed by atoms with van der Waals surface area (Å²) in [5, 5.41) is 13.4. The Balaban J connectivity index is 1.27. The van der Waals surface area contributed by atoms with Crippen LogP contribution in [0.1, 0.15) is 22.8 Å². The number of nitro benzene ring substituents is 1. The van der Waals surface area contributed by atoms with Crippen molar-refractivity contribution in [2.24, 2.45) is 0 Å². The maximum atomic E-state index is 12.8. The summed E-state index contributed by atoms with van der Waals surface area (Å²) in [6.45, 7) is 6.86. The number of amides is 1. The third-order valence-corrected chi connectivity index (χ3v) is 6.54. The molecule has 0 aliphatic carbocycles. The van der Waals surface area contributed by atoms with Gasteiger partial charge in [0, 0.05) is 78.8 Å². The molecule has 0 atom stereocenters. The first-order valence-electron chi connectivity index (χ1n) is 11.3. The SMILES string of the molecule is CCn1c2ccccc2c2cc(CN3CCN(C(=O)c4ccc([N+](=O)[O-])cc4)CC3)ccc21. The predicted octanol–water partition coefficient (Wildman–Crippen LogP) is 4.68. The Morgan fingerprint density at radius 2 is 1.61 bits per heavy atom. The van der Waals surface area contributed by atoms with E-state index in [1.54, 1.807) is 0 Å².